The quantitative estimate of drug-likeness (QED) is 0.742. The van der Waals surface area contributed by atoms with Crippen LogP contribution in [0.1, 0.15) is 54.8 Å². The average Bonchev–Trinajstić information content (AvgIpc) is 2.59. The first-order chi connectivity index (χ1) is 7.67. The van der Waals surface area contributed by atoms with E-state index in [1.54, 1.807) is 0 Å². The normalized spacial score (nSPS) is 13.0. The zero-order chi connectivity index (χ0) is 12.0. The molecule has 1 heterocycles. The van der Waals surface area contributed by atoms with Crippen LogP contribution in [0.3, 0.4) is 0 Å². The molecule has 0 spiro atoms. The van der Waals surface area contributed by atoms with Crippen molar-refractivity contribution in [3.8, 4) is 0 Å². The van der Waals surface area contributed by atoms with E-state index in [0.29, 0.717) is 6.04 Å². The lowest BCUT2D eigenvalue weighted by atomic mass is 10.1. The maximum absolute atomic E-state index is 3.67. The van der Waals surface area contributed by atoms with Crippen LogP contribution in [0.2, 0.25) is 0 Å². The molecule has 0 aliphatic carbocycles. The van der Waals surface area contributed by atoms with Crippen LogP contribution in [0.15, 0.2) is 6.07 Å². The number of hydrogen-bond donors (Lipinski definition) is 1. The van der Waals surface area contributed by atoms with Crippen molar-refractivity contribution >= 4 is 11.3 Å². The van der Waals surface area contributed by atoms with E-state index in [9.17, 15) is 0 Å². The molecule has 1 unspecified atom stereocenters. The van der Waals surface area contributed by atoms with Gasteiger partial charge in [0.25, 0.3) is 0 Å². The summed E-state index contributed by atoms with van der Waals surface area (Å²) in [4.78, 5) is 2.93. The summed E-state index contributed by atoms with van der Waals surface area (Å²) < 4.78 is 0. The molecule has 2 heteroatoms. The summed E-state index contributed by atoms with van der Waals surface area (Å²) in [6, 6.07) is 3.02. The van der Waals surface area contributed by atoms with Gasteiger partial charge in [-0.15, -0.1) is 11.3 Å². The van der Waals surface area contributed by atoms with E-state index in [4.69, 9.17) is 0 Å². The van der Waals surface area contributed by atoms with Gasteiger partial charge in [-0.3, -0.25) is 0 Å². The minimum atomic E-state index is 0.697. The molecular weight excluding hydrogens is 214 g/mol. The highest BCUT2D eigenvalue weighted by Gasteiger charge is 2.06. The fraction of sp³-hybridized carbons (Fsp3) is 0.714. The molecule has 0 fully saturated rings. The molecule has 16 heavy (non-hydrogen) atoms. The number of thiophene rings is 1. The van der Waals surface area contributed by atoms with Crippen LogP contribution in [-0.4, -0.2) is 6.04 Å². The van der Waals surface area contributed by atoms with Gasteiger partial charge in [-0.25, -0.2) is 0 Å². The van der Waals surface area contributed by atoms with Crippen LogP contribution < -0.4 is 5.32 Å². The second kappa shape index (κ2) is 7.08. The lowest BCUT2D eigenvalue weighted by Gasteiger charge is -2.15. The summed E-state index contributed by atoms with van der Waals surface area (Å²) in [5.74, 6) is 0. The van der Waals surface area contributed by atoms with Crippen molar-refractivity contribution in [1.82, 2.24) is 5.32 Å². The predicted molar refractivity (Wildman–Crippen MR) is 74.2 cm³/mol. The van der Waals surface area contributed by atoms with Crippen molar-refractivity contribution in [2.24, 2.45) is 0 Å². The standard InChI is InChI=1S/C14H25NS/c1-5-7-8-13(6-2)15-10-14-9-11(3)12(4)16-14/h9,13,15H,5-8,10H2,1-4H3. The fourth-order valence-corrected chi connectivity index (χ4v) is 2.89. The Labute approximate surface area is 104 Å². The van der Waals surface area contributed by atoms with Crippen molar-refractivity contribution < 1.29 is 0 Å². The zero-order valence-corrected chi connectivity index (χ0v) is 11.9. The Kier molecular flexibility index (Phi) is 6.07. The van der Waals surface area contributed by atoms with Crippen molar-refractivity contribution in [3.63, 3.8) is 0 Å². The second-order valence-corrected chi connectivity index (χ2v) is 5.92. The second-order valence-electron chi connectivity index (χ2n) is 4.58. The highest BCUT2D eigenvalue weighted by Crippen LogP contribution is 2.20. The van der Waals surface area contributed by atoms with Crippen molar-refractivity contribution in [2.75, 3.05) is 0 Å². The SMILES string of the molecule is CCCCC(CC)NCc1cc(C)c(C)s1. The zero-order valence-electron chi connectivity index (χ0n) is 11.1. The summed E-state index contributed by atoms with van der Waals surface area (Å²) in [5, 5.41) is 3.67. The Morgan fingerprint density at radius 3 is 2.56 bits per heavy atom. The molecule has 1 aromatic rings. The molecule has 92 valence electrons. The first-order valence-corrected chi connectivity index (χ1v) is 7.28. The molecule has 0 radical (unpaired) electrons. The summed E-state index contributed by atoms with van der Waals surface area (Å²) >= 11 is 1.93. The molecule has 1 rings (SSSR count). The molecule has 1 N–H and O–H groups in total. The first kappa shape index (κ1) is 13.7. The molecule has 0 aromatic carbocycles. The van der Waals surface area contributed by atoms with Gasteiger partial charge in [0, 0.05) is 22.3 Å². The van der Waals surface area contributed by atoms with Crippen molar-refractivity contribution in [3.05, 3.63) is 21.4 Å². The lowest BCUT2D eigenvalue weighted by molar-refractivity contribution is 0.454. The molecule has 0 aliphatic heterocycles. The molecule has 0 saturated carbocycles. The van der Waals surface area contributed by atoms with Gasteiger partial charge in [-0.05, 0) is 38.3 Å². The highest BCUT2D eigenvalue weighted by atomic mass is 32.1. The van der Waals surface area contributed by atoms with Crippen molar-refractivity contribution in [1.29, 1.82) is 0 Å². The molecule has 1 atom stereocenters. The lowest BCUT2D eigenvalue weighted by Crippen LogP contribution is -2.27. The monoisotopic (exact) mass is 239 g/mol. The average molecular weight is 239 g/mol. The molecule has 0 amide bonds. The molecule has 0 aliphatic rings. The van der Waals surface area contributed by atoms with E-state index in [1.807, 2.05) is 11.3 Å². The Morgan fingerprint density at radius 1 is 1.31 bits per heavy atom. The largest absolute Gasteiger partial charge is 0.309 e. The Morgan fingerprint density at radius 2 is 2.06 bits per heavy atom. The van der Waals surface area contributed by atoms with Gasteiger partial charge in [0.2, 0.25) is 0 Å². The van der Waals surface area contributed by atoms with Crippen molar-refractivity contribution in [2.45, 2.75) is 66.0 Å². The summed E-state index contributed by atoms with van der Waals surface area (Å²) in [6.07, 6.45) is 5.20. The van der Waals surface area contributed by atoms with Gasteiger partial charge in [-0.2, -0.15) is 0 Å². The summed E-state index contributed by atoms with van der Waals surface area (Å²) in [6.45, 7) is 9.99. The minimum absolute atomic E-state index is 0.697. The van der Waals surface area contributed by atoms with Crippen LogP contribution in [0.5, 0.6) is 0 Å². The van der Waals surface area contributed by atoms with Crippen LogP contribution >= 0.6 is 11.3 Å². The van der Waals surface area contributed by atoms with E-state index < -0.39 is 0 Å². The number of aryl methyl sites for hydroxylation is 2. The van der Waals surface area contributed by atoms with Gasteiger partial charge in [0.15, 0.2) is 0 Å². The van der Waals surface area contributed by atoms with Gasteiger partial charge >= 0.3 is 0 Å². The van der Waals surface area contributed by atoms with Gasteiger partial charge in [0.1, 0.15) is 0 Å². The Balaban J connectivity index is 2.37. The first-order valence-electron chi connectivity index (χ1n) is 6.46. The number of hydrogen-bond acceptors (Lipinski definition) is 2. The number of rotatable bonds is 7. The van der Waals surface area contributed by atoms with Gasteiger partial charge in [-0.1, -0.05) is 26.7 Å². The maximum atomic E-state index is 3.67. The van der Waals surface area contributed by atoms with Crippen LogP contribution in [0, 0.1) is 13.8 Å². The van der Waals surface area contributed by atoms with E-state index in [1.165, 1.54) is 41.0 Å². The molecule has 1 nitrogen and oxygen atoms in total. The van der Waals surface area contributed by atoms with Gasteiger partial charge in [0.05, 0.1) is 0 Å². The van der Waals surface area contributed by atoms with E-state index in [2.05, 4.69) is 39.1 Å². The van der Waals surface area contributed by atoms with E-state index in [-0.39, 0.29) is 0 Å². The minimum Gasteiger partial charge on any atom is -0.309 e. The summed E-state index contributed by atoms with van der Waals surface area (Å²) in [5.41, 5.74) is 1.43. The smallest absolute Gasteiger partial charge is 0.0302 e. The fourth-order valence-electron chi connectivity index (χ4n) is 1.88. The number of nitrogens with one attached hydrogen (secondary N) is 1. The predicted octanol–water partition coefficient (Wildman–Crippen LogP) is 4.42. The third-order valence-electron chi connectivity index (χ3n) is 3.18. The van der Waals surface area contributed by atoms with E-state index >= 15 is 0 Å². The van der Waals surface area contributed by atoms with Crippen LogP contribution in [0.4, 0.5) is 0 Å². The van der Waals surface area contributed by atoms with E-state index in [0.717, 1.165) is 6.54 Å². The molecule has 1 aromatic heterocycles. The topological polar surface area (TPSA) is 12.0 Å². The van der Waals surface area contributed by atoms with Gasteiger partial charge < -0.3 is 5.32 Å². The molecule has 0 bridgehead atoms. The number of unbranched alkanes of at least 4 members (excludes halogenated alkanes) is 1. The third-order valence-corrected chi connectivity index (χ3v) is 4.33. The molecule has 0 saturated heterocycles. The Hall–Kier alpha value is -0.340. The molecular formula is C14H25NS. The van der Waals surface area contributed by atoms with Crippen LogP contribution in [-0.2, 0) is 6.54 Å². The third kappa shape index (κ3) is 4.26. The Bertz CT molecular complexity index is 284. The maximum Gasteiger partial charge on any atom is 0.0302 e. The highest BCUT2D eigenvalue weighted by molar-refractivity contribution is 7.12. The summed E-state index contributed by atoms with van der Waals surface area (Å²) in [7, 11) is 0. The van der Waals surface area contributed by atoms with Crippen LogP contribution in [0.25, 0.3) is 0 Å².